The van der Waals surface area contributed by atoms with Gasteiger partial charge in [-0.3, -0.25) is 4.79 Å². The summed E-state index contributed by atoms with van der Waals surface area (Å²) < 4.78 is 5.37. The molecular formula is C13H19NO3S. The van der Waals surface area contributed by atoms with Gasteiger partial charge in [-0.05, 0) is 24.0 Å². The summed E-state index contributed by atoms with van der Waals surface area (Å²) in [4.78, 5) is 14.0. The number of hydrogen-bond acceptors (Lipinski definition) is 4. The number of aliphatic hydroxyl groups is 1. The fraction of sp³-hybridized carbons (Fsp3) is 0.615. The minimum absolute atomic E-state index is 0.0146. The molecule has 0 saturated carbocycles. The van der Waals surface area contributed by atoms with E-state index in [0.29, 0.717) is 19.1 Å². The molecule has 5 heteroatoms. The number of fused-ring (bicyclic) bond motifs is 1. The van der Waals surface area contributed by atoms with Crippen LogP contribution < -0.4 is 5.32 Å². The van der Waals surface area contributed by atoms with Crippen molar-refractivity contribution < 1.29 is 14.6 Å². The lowest BCUT2D eigenvalue weighted by Gasteiger charge is -2.10. The highest BCUT2D eigenvalue weighted by Gasteiger charge is 2.17. The number of carbonyl (C=O) groups is 1. The molecule has 0 spiro atoms. The summed E-state index contributed by atoms with van der Waals surface area (Å²) in [6.07, 6.45) is 1.63. The van der Waals surface area contributed by atoms with Crippen molar-refractivity contribution in [3.63, 3.8) is 0 Å². The number of amides is 1. The molecule has 18 heavy (non-hydrogen) atoms. The van der Waals surface area contributed by atoms with Crippen molar-refractivity contribution in [3.8, 4) is 0 Å². The summed E-state index contributed by atoms with van der Waals surface area (Å²) in [5, 5.41) is 11.7. The van der Waals surface area contributed by atoms with E-state index in [1.807, 2.05) is 13.0 Å². The summed E-state index contributed by atoms with van der Waals surface area (Å²) in [6, 6.07) is 1.94. The third kappa shape index (κ3) is 3.31. The van der Waals surface area contributed by atoms with Crippen LogP contribution in [0.4, 0.5) is 0 Å². The molecule has 1 aromatic heterocycles. The van der Waals surface area contributed by atoms with Crippen molar-refractivity contribution in [2.24, 2.45) is 5.92 Å². The lowest BCUT2D eigenvalue weighted by Crippen LogP contribution is -2.28. The first-order valence-electron chi connectivity index (χ1n) is 6.29. The Morgan fingerprint density at radius 2 is 2.50 bits per heavy atom. The average Bonchev–Trinajstić information content (AvgIpc) is 2.80. The molecule has 0 radical (unpaired) electrons. The Kier molecular flexibility index (Phi) is 4.74. The fourth-order valence-corrected chi connectivity index (χ4v) is 3.00. The largest absolute Gasteiger partial charge is 0.396 e. The van der Waals surface area contributed by atoms with E-state index in [1.54, 1.807) is 11.3 Å². The highest BCUT2D eigenvalue weighted by Crippen LogP contribution is 2.26. The van der Waals surface area contributed by atoms with Crippen LogP contribution in [0.2, 0.25) is 0 Å². The summed E-state index contributed by atoms with van der Waals surface area (Å²) in [7, 11) is 0. The van der Waals surface area contributed by atoms with Gasteiger partial charge in [0.05, 0.1) is 18.1 Å². The van der Waals surface area contributed by atoms with Crippen LogP contribution in [0.1, 0.15) is 33.5 Å². The highest BCUT2D eigenvalue weighted by molar-refractivity contribution is 7.14. The van der Waals surface area contributed by atoms with Crippen LogP contribution in [0.3, 0.4) is 0 Å². The smallest absolute Gasteiger partial charge is 0.261 e. The Hall–Kier alpha value is -0.910. The van der Waals surface area contributed by atoms with Crippen LogP contribution in [0, 0.1) is 5.92 Å². The summed E-state index contributed by atoms with van der Waals surface area (Å²) in [5.41, 5.74) is 1.15. The maximum atomic E-state index is 12.0. The van der Waals surface area contributed by atoms with E-state index in [9.17, 15) is 4.79 Å². The minimum Gasteiger partial charge on any atom is -0.396 e. The predicted molar refractivity (Wildman–Crippen MR) is 70.9 cm³/mol. The zero-order valence-corrected chi connectivity index (χ0v) is 11.4. The zero-order chi connectivity index (χ0) is 13.0. The number of thiophene rings is 1. The predicted octanol–water partition coefficient (Wildman–Crippen LogP) is 1.57. The Morgan fingerprint density at radius 3 is 3.22 bits per heavy atom. The lowest BCUT2D eigenvalue weighted by molar-refractivity contribution is 0.0949. The first-order chi connectivity index (χ1) is 8.70. The van der Waals surface area contributed by atoms with Crippen molar-refractivity contribution in [1.29, 1.82) is 0 Å². The molecule has 1 aliphatic rings. The van der Waals surface area contributed by atoms with Crippen molar-refractivity contribution >= 4 is 17.2 Å². The topological polar surface area (TPSA) is 58.6 Å². The van der Waals surface area contributed by atoms with Crippen LogP contribution in [0.5, 0.6) is 0 Å². The first kappa shape index (κ1) is 13.5. The highest BCUT2D eigenvalue weighted by atomic mass is 32.1. The summed E-state index contributed by atoms with van der Waals surface area (Å²) in [5.74, 6) is 0.288. The number of nitrogens with one attached hydrogen (secondary N) is 1. The Labute approximate surface area is 111 Å². The van der Waals surface area contributed by atoms with E-state index in [2.05, 4.69) is 5.32 Å². The van der Waals surface area contributed by atoms with Crippen molar-refractivity contribution in [2.75, 3.05) is 19.8 Å². The molecule has 1 atom stereocenters. The molecule has 0 aliphatic carbocycles. The van der Waals surface area contributed by atoms with Crippen LogP contribution in [-0.4, -0.2) is 30.8 Å². The Bertz CT molecular complexity index is 393. The molecule has 1 aliphatic heterocycles. The maximum Gasteiger partial charge on any atom is 0.261 e. The van der Waals surface area contributed by atoms with E-state index in [1.165, 1.54) is 4.88 Å². The van der Waals surface area contributed by atoms with E-state index >= 15 is 0 Å². The summed E-state index contributed by atoms with van der Waals surface area (Å²) >= 11 is 1.57. The number of carbonyl (C=O) groups excluding carboxylic acids is 1. The van der Waals surface area contributed by atoms with Crippen LogP contribution in [-0.2, 0) is 17.8 Å². The monoisotopic (exact) mass is 269 g/mol. The lowest BCUT2D eigenvalue weighted by atomic mass is 10.1. The molecule has 100 valence electrons. The quantitative estimate of drug-likeness (QED) is 0.853. The fourth-order valence-electron chi connectivity index (χ4n) is 1.94. The third-order valence-corrected chi connectivity index (χ3v) is 4.32. The maximum absolute atomic E-state index is 12.0. The van der Waals surface area contributed by atoms with E-state index in [-0.39, 0.29) is 12.5 Å². The summed E-state index contributed by atoms with van der Waals surface area (Å²) in [6.45, 7) is 4.17. The van der Waals surface area contributed by atoms with Crippen molar-refractivity contribution in [3.05, 3.63) is 21.4 Å². The second-order valence-electron chi connectivity index (χ2n) is 4.69. The van der Waals surface area contributed by atoms with Gasteiger partial charge in [0.2, 0.25) is 0 Å². The van der Waals surface area contributed by atoms with Gasteiger partial charge in [-0.15, -0.1) is 11.3 Å². The van der Waals surface area contributed by atoms with E-state index in [4.69, 9.17) is 9.84 Å². The molecule has 2 N–H and O–H groups in total. The second-order valence-corrected chi connectivity index (χ2v) is 5.83. The molecule has 1 amide bonds. The van der Waals surface area contributed by atoms with E-state index in [0.717, 1.165) is 29.9 Å². The molecule has 1 unspecified atom stereocenters. The number of rotatable bonds is 5. The normalized spacial score (nSPS) is 16.1. The second kappa shape index (κ2) is 6.31. The van der Waals surface area contributed by atoms with Gasteiger partial charge in [-0.25, -0.2) is 0 Å². The first-order valence-corrected chi connectivity index (χ1v) is 7.10. The molecule has 2 rings (SSSR count). The molecule has 4 nitrogen and oxygen atoms in total. The molecule has 0 saturated heterocycles. The van der Waals surface area contributed by atoms with Crippen LogP contribution in [0.25, 0.3) is 0 Å². The minimum atomic E-state index is -0.0146. The van der Waals surface area contributed by atoms with Crippen LogP contribution in [0.15, 0.2) is 6.07 Å². The number of ether oxygens (including phenoxy) is 1. The van der Waals surface area contributed by atoms with Gasteiger partial charge in [0, 0.05) is 24.4 Å². The Balaban J connectivity index is 1.90. The molecular weight excluding hydrogens is 250 g/mol. The molecule has 0 aromatic carbocycles. The number of aliphatic hydroxyl groups excluding tert-OH is 1. The third-order valence-electron chi connectivity index (χ3n) is 3.08. The van der Waals surface area contributed by atoms with Gasteiger partial charge in [-0.2, -0.15) is 0 Å². The molecule has 0 bridgehead atoms. The van der Waals surface area contributed by atoms with Crippen molar-refractivity contribution in [2.45, 2.75) is 26.4 Å². The van der Waals surface area contributed by atoms with Gasteiger partial charge in [0.1, 0.15) is 0 Å². The average molecular weight is 269 g/mol. The van der Waals surface area contributed by atoms with Gasteiger partial charge in [0.15, 0.2) is 0 Å². The van der Waals surface area contributed by atoms with Gasteiger partial charge >= 0.3 is 0 Å². The molecule has 1 aromatic rings. The van der Waals surface area contributed by atoms with E-state index < -0.39 is 0 Å². The molecule has 0 fully saturated rings. The van der Waals surface area contributed by atoms with Gasteiger partial charge < -0.3 is 15.2 Å². The zero-order valence-electron chi connectivity index (χ0n) is 10.6. The Morgan fingerprint density at radius 1 is 1.67 bits per heavy atom. The standard InChI is InChI=1S/C13H19NO3S/c1-9(2-4-15)7-14-13(16)12-6-10-8-17-5-3-11(10)18-12/h6,9,15H,2-5,7-8H2,1H3,(H,14,16). The van der Waals surface area contributed by atoms with Gasteiger partial charge in [-0.1, -0.05) is 6.92 Å². The molecule has 2 heterocycles. The van der Waals surface area contributed by atoms with Gasteiger partial charge in [0.25, 0.3) is 5.91 Å². The number of hydrogen-bond donors (Lipinski definition) is 2. The van der Waals surface area contributed by atoms with Crippen LogP contribution >= 0.6 is 11.3 Å². The van der Waals surface area contributed by atoms with Crippen molar-refractivity contribution in [1.82, 2.24) is 5.32 Å². The SMILES string of the molecule is CC(CCO)CNC(=O)c1cc2c(s1)CCOC2.